The topological polar surface area (TPSA) is 36.4 Å². The van der Waals surface area contributed by atoms with Gasteiger partial charge in [-0.2, -0.15) is 0 Å². The van der Waals surface area contributed by atoms with Crippen molar-refractivity contribution in [1.82, 2.24) is 4.98 Å². The summed E-state index contributed by atoms with van der Waals surface area (Å²) in [5.41, 5.74) is 1.17. The van der Waals surface area contributed by atoms with Crippen LogP contribution in [0.2, 0.25) is 0 Å². The molecule has 0 aliphatic rings. The summed E-state index contributed by atoms with van der Waals surface area (Å²) >= 11 is 0. The molecule has 1 aromatic rings. The fourth-order valence-corrected chi connectivity index (χ4v) is 1.19. The number of anilines is 1. The largest absolute Gasteiger partial charge is 0.396 e. The van der Waals surface area contributed by atoms with Crippen molar-refractivity contribution < 1.29 is 5.11 Å². The van der Waals surface area contributed by atoms with Crippen molar-refractivity contribution in [1.29, 1.82) is 0 Å². The molecule has 3 nitrogen and oxygen atoms in total. The van der Waals surface area contributed by atoms with Crippen molar-refractivity contribution in [2.75, 3.05) is 25.1 Å². The summed E-state index contributed by atoms with van der Waals surface area (Å²) in [5.74, 6) is 0. The quantitative estimate of drug-likeness (QED) is 0.694. The van der Waals surface area contributed by atoms with Crippen LogP contribution in [0.3, 0.4) is 0 Å². The molecule has 0 spiro atoms. The summed E-state index contributed by atoms with van der Waals surface area (Å²) in [4.78, 5) is 6.12. The predicted octanol–water partition coefficient (Wildman–Crippen LogP) is 1.29. The van der Waals surface area contributed by atoms with Gasteiger partial charge in [-0.25, -0.2) is 0 Å². The number of pyridine rings is 1. The Kier molecular flexibility index (Phi) is 4.26. The number of aliphatic hydroxyl groups is 1. The lowest BCUT2D eigenvalue weighted by atomic mass is 10.3. The fraction of sp³-hybridized carbons (Fsp3) is 0.500. The Labute approximate surface area is 79.0 Å². The number of aromatic nitrogens is 1. The SMILES string of the molecule is CN(CCCCO)c1ccncc1. The van der Waals surface area contributed by atoms with Gasteiger partial charge in [0.05, 0.1) is 0 Å². The van der Waals surface area contributed by atoms with Gasteiger partial charge >= 0.3 is 0 Å². The maximum Gasteiger partial charge on any atom is 0.0431 e. The second-order valence-corrected chi connectivity index (χ2v) is 3.06. The van der Waals surface area contributed by atoms with Crippen LogP contribution in [0.1, 0.15) is 12.8 Å². The van der Waals surface area contributed by atoms with E-state index in [1.807, 2.05) is 19.2 Å². The minimum atomic E-state index is 0.282. The van der Waals surface area contributed by atoms with Crippen LogP contribution in [0, 0.1) is 0 Å². The van der Waals surface area contributed by atoms with Gasteiger partial charge in [0.25, 0.3) is 0 Å². The smallest absolute Gasteiger partial charge is 0.0431 e. The average molecular weight is 180 g/mol. The molecule has 0 saturated heterocycles. The Bertz CT molecular complexity index is 226. The number of nitrogens with zero attached hydrogens (tertiary/aromatic N) is 2. The summed E-state index contributed by atoms with van der Waals surface area (Å²) in [6.45, 7) is 1.26. The Hall–Kier alpha value is -1.09. The normalized spacial score (nSPS) is 10.0. The van der Waals surface area contributed by atoms with E-state index in [0.29, 0.717) is 0 Å². The maximum absolute atomic E-state index is 8.62. The van der Waals surface area contributed by atoms with E-state index in [2.05, 4.69) is 9.88 Å². The lowest BCUT2D eigenvalue weighted by molar-refractivity contribution is 0.285. The first-order valence-electron chi connectivity index (χ1n) is 4.56. The Morgan fingerprint density at radius 1 is 1.31 bits per heavy atom. The van der Waals surface area contributed by atoms with E-state index in [1.54, 1.807) is 12.4 Å². The average Bonchev–Trinajstić information content (AvgIpc) is 2.19. The molecule has 0 amide bonds. The van der Waals surface area contributed by atoms with Crippen molar-refractivity contribution in [3.8, 4) is 0 Å². The van der Waals surface area contributed by atoms with Gasteiger partial charge in [-0.3, -0.25) is 4.98 Å². The van der Waals surface area contributed by atoms with Crippen molar-refractivity contribution in [3.63, 3.8) is 0 Å². The number of unbranched alkanes of at least 4 members (excludes halogenated alkanes) is 1. The summed E-state index contributed by atoms with van der Waals surface area (Å²) in [7, 11) is 2.05. The minimum Gasteiger partial charge on any atom is -0.396 e. The number of aliphatic hydroxyl groups excluding tert-OH is 1. The first-order valence-corrected chi connectivity index (χ1v) is 4.56. The monoisotopic (exact) mass is 180 g/mol. The zero-order chi connectivity index (χ0) is 9.52. The van der Waals surface area contributed by atoms with Crippen LogP contribution in [0.5, 0.6) is 0 Å². The molecule has 0 aromatic carbocycles. The van der Waals surface area contributed by atoms with E-state index in [0.717, 1.165) is 19.4 Å². The zero-order valence-electron chi connectivity index (χ0n) is 7.98. The Morgan fingerprint density at radius 2 is 2.00 bits per heavy atom. The molecule has 0 atom stereocenters. The molecular formula is C10H16N2O. The van der Waals surface area contributed by atoms with Gasteiger partial charge in [-0.1, -0.05) is 0 Å². The molecule has 1 N–H and O–H groups in total. The van der Waals surface area contributed by atoms with E-state index < -0.39 is 0 Å². The molecule has 3 heteroatoms. The Morgan fingerprint density at radius 3 is 2.62 bits per heavy atom. The first-order chi connectivity index (χ1) is 6.34. The van der Waals surface area contributed by atoms with Crippen molar-refractivity contribution >= 4 is 5.69 Å². The fourth-order valence-electron chi connectivity index (χ4n) is 1.19. The molecule has 0 saturated carbocycles. The molecule has 0 bridgehead atoms. The van der Waals surface area contributed by atoms with Crippen LogP contribution in [0.25, 0.3) is 0 Å². The molecule has 1 aromatic heterocycles. The predicted molar refractivity (Wildman–Crippen MR) is 53.8 cm³/mol. The third-order valence-electron chi connectivity index (χ3n) is 2.01. The second-order valence-electron chi connectivity index (χ2n) is 3.06. The molecule has 0 aliphatic carbocycles. The Balaban J connectivity index is 2.35. The van der Waals surface area contributed by atoms with Gasteiger partial charge in [-0.15, -0.1) is 0 Å². The third kappa shape index (κ3) is 3.42. The van der Waals surface area contributed by atoms with Gasteiger partial charge < -0.3 is 10.0 Å². The highest BCUT2D eigenvalue weighted by Gasteiger charge is 1.98. The van der Waals surface area contributed by atoms with Crippen molar-refractivity contribution in [2.24, 2.45) is 0 Å². The first kappa shape index (κ1) is 9.99. The van der Waals surface area contributed by atoms with Crippen molar-refractivity contribution in [2.45, 2.75) is 12.8 Å². The van der Waals surface area contributed by atoms with Gasteiger partial charge in [-0.05, 0) is 25.0 Å². The van der Waals surface area contributed by atoms with Gasteiger partial charge in [0, 0.05) is 38.3 Å². The highest BCUT2D eigenvalue weighted by Crippen LogP contribution is 2.09. The van der Waals surface area contributed by atoms with Crippen LogP contribution in [0.4, 0.5) is 5.69 Å². The molecule has 0 unspecified atom stereocenters. The van der Waals surface area contributed by atoms with Gasteiger partial charge in [0.2, 0.25) is 0 Å². The molecule has 13 heavy (non-hydrogen) atoms. The van der Waals surface area contributed by atoms with E-state index in [9.17, 15) is 0 Å². The maximum atomic E-state index is 8.62. The summed E-state index contributed by atoms with van der Waals surface area (Å²) < 4.78 is 0. The molecule has 72 valence electrons. The molecule has 0 fully saturated rings. The third-order valence-corrected chi connectivity index (χ3v) is 2.01. The zero-order valence-corrected chi connectivity index (χ0v) is 7.98. The number of hydrogen-bond donors (Lipinski definition) is 1. The van der Waals surface area contributed by atoms with Crippen LogP contribution in [-0.2, 0) is 0 Å². The molecular weight excluding hydrogens is 164 g/mol. The highest BCUT2D eigenvalue weighted by atomic mass is 16.2. The van der Waals surface area contributed by atoms with E-state index in [4.69, 9.17) is 5.11 Å². The molecule has 1 heterocycles. The lowest BCUT2D eigenvalue weighted by Crippen LogP contribution is -2.18. The number of rotatable bonds is 5. The van der Waals surface area contributed by atoms with Gasteiger partial charge in [0.15, 0.2) is 0 Å². The summed E-state index contributed by atoms with van der Waals surface area (Å²) in [5, 5.41) is 8.62. The van der Waals surface area contributed by atoms with Crippen molar-refractivity contribution in [3.05, 3.63) is 24.5 Å². The highest BCUT2D eigenvalue weighted by molar-refractivity contribution is 5.43. The van der Waals surface area contributed by atoms with E-state index in [1.165, 1.54) is 5.69 Å². The summed E-state index contributed by atoms with van der Waals surface area (Å²) in [6.07, 6.45) is 5.47. The van der Waals surface area contributed by atoms with Crippen LogP contribution in [-0.4, -0.2) is 30.3 Å². The molecule has 0 radical (unpaired) electrons. The standard InChI is InChI=1S/C10H16N2O/c1-12(8-2-3-9-13)10-4-6-11-7-5-10/h4-7,13H,2-3,8-9H2,1H3. The van der Waals surface area contributed by atoms with Crippen LogP contribution >= 0.6 is 0 Å². The van der Waals surface area contributed by atoms with E-state index >= 15 is 0 Å². The number of hydrogen-bond acceptors (Lipinski definition) is 3. The van der Waals surface area contributed by atoms with Crippen LogP contribution < -0.4 is 4.90 Å². The van der Waals surface area contributed by atoms with Crippen LogP contribution in [0.15, 0.2) is 24.5 Å². The molecule has 1 rings (SSSR count). The lowest BCUT2D eigenvalue weighted by Gasteiger charge is -2.18. The molecule has 0 aliphatic heterocycles. The minimum absolute atomic E-state index is 0.282. The summed E-state index contributed by atoms with van der Waals surface area (Å²) in [6, 6.07) is 3.97. The van der Waals surface area contributed by atoms with Gasteiger partial charge in [0.1, 0.15) is 0 Å². The van der Waals surface area contributed by atoms with E-state index in [-0.39, 0.29) is 6.61 Å². The second kappa shape index (κ2) is 5.54.